The van der Waals surface area contributed by atoms with Crippen molar-refractivity contribution in [3.8, 4) is 5.75 Å². The summed E-state index contributed by atoms with van der Waals surface area (Å²) in [5.41, 5.74) is 0.627. The van der Waals surface area contributed by atoms with Crippen molar-refractivity contribution in [2.45, 2.75) is 96.8 Å². The zero-order valence-corrected chi connectivity index (χ0v) is 28.8. The highest BCUT2D eigenvalue weighted by Crippen LogP contribution is 2.25. The lowest BCUT2D eigenvalue weighted by Crippen LogP contribution is -2.57. The summed E-state index contributed by atoms with van der Waals surface area (Å²) in [6.45, 7) is 9.96. The Morgan fingerprint density at radius 1 is 0.771 bits per heavy atom. The summed E-state index contributed by atoms with van der Waals surface area (Å²) >= 11 is 0. The van der Waals surface area contributed by atoms with Crippen molar-refractivity contribution in [2.75, 3.05) is 26.2 Å². The van der Waals surface area contributed by atoms with Crippen LogP contribution in [0.15, 0.2) is 54.6 Å². The molecule has 2 heterocycles. The molecule has 0 aromatic heterocycles. The average Bonchev–Trinajstić information content (AvgIpc) is 3.55. The number of urea groups is 1. The molecule has 2 fully saturated rings. The fraction of sp³-hybridized carbons (Fsp3) is 0.568. The lowest BCUT2D eigenvalue weighted by Gasteiger charge is -2.32. The van der Waals surface area contributed by atoms with Crippen LogP contribution in [0.4, 0.5) is 9.18 Å². The highest BCUT2D eigenvalue weighted by molar-refractivity contribution is 5.94. The van der Waals surface area contributed by atoms with Gasteiger partial charge >= 0.3 is 6.03 Å². The van der Waals surface area contributed by atoms with Gasteiger partial charge in [-0.15, -0.1) is 0 Å². The van der Waals surface area contributed by atoms with Crippen molar-refractivity contribution in [1.82, 2.24) is 25.8 Å². The van der Waals surface area contributed by atoms with Gasteiger partial charge in [-0.1, -0.05) is 58.0 Å². The van der Waals surface area contributed by atoms with Crippen molar-refractivity contribution >= 4 is 23.8 Å². The van der Waals surface area contributed by atoms with Crippen LogP contribution in [0, 0.1) is 17.7 Å². The Labute approximate surface area is 284 Å². The molecule has 2 aliphatic rings. The van der Waals surface area contributed by atoms with E-state index in [1.54, 1.807) is 34.1 Å². The van der Waals surface area contributed by atoms with Gasteiger partial charge in [0, 0.05) is 19.6 Å². The van der Waals surface area contributed by atoms with E-state index in [0.29, 0.717) is 43.8 Å². The topological polar surface area (TPSA) is 120 Å². The molecular weight excluding hydrogens is 613 g/mol. The summed E-state index contributed by atoms with van der Waals surface area (Å²) in [5, 5.41) is 8.81. The predicted octanol–water partition coefficient (Wildman–Crippen LogP) is 5.19. The van der Waals surface area contributed by atoms with Crippen LogP contribution >= 0.6 is 0 Å². The molecule has 10 nitrogen and oxygen atoms in total. The van der Waals surface area contributed by atoms with Crippen molar-refractivity contribution in [3.05, 3.63) is 66.0 Å². The van der Waals surface area contributed by atoms with Crippen LogP contribution in [-0.4, -0.2) is 77.9 Å². The summed E-state index contributed by atoms with van der Waals surface area (Å²) in [4.78, 5) is 58.4. The van der Waals surface area contributed by atoms with Gasteiger partial charge in [-0.25, -0.2) is 9.18 Å². The van der Waals surface area contributed by atoms with Crippen LogP contribution in [-0.2, 0) is 14.4 Å². The zero-order valence-electron chi connectivity index (χ0n) is 28.8. The van der Waals surface area contributed by atoms with Crippen molar-refractivity contribution in [2.24, 2.45) is 11.8 Å². The number of amides is 5. The number of halogens is 1. The molecule has 0 spiro atoms. The molecule has 2 aromatic rings. The molecule has 262 valence electrons. The van der Waals surface area contributed by atoms with E-state index in [0.717, 1.165) is 32.1 Å². The summed E-state index contributed by atoms with van der Waals surface area (Å²) in [6.07, 6.45) is 5.24. The van der Waals surface area contributed by atoms with Gasteiger partial charge in [0.1, 0.15) is 36.3 Å². The molecule has 0 unspecified atom stereocenters. The molecule has 0 aliphatic carbocycles. The molecule has 4 rings (SSSR count). The Morgan fingerprint density at radius 2 is 1.38 bits per heavy atom. The Morgan fingerprint density at radius 3 is 2.00 bits per heavy atom. The van der Waals surface area contributed by atoms with E-state index in [1.165, 1.54) is 12.1 Å². The van der Waals surface area contributed by atoms with E-state index in [2.05, 4.69) is 16.0 Å². The summed E-state index contributed by atoms with van der Waals surface area (Å²) in [6, 6.07) is 11.6. The van der Waals surface area contributed by atoms with Crippen LogP contribution in [0.3, 0.4) is 0 Å². The van der Waals surface area contributed by atoms with E-state index in [9.17, 15) is 23.6 Å². The van der Waals surface area contributed by atoms with Crippen LogP contribution in [0.5, 0.6) is 5.75 Å². The Bertz CT molecular complexity index is 1350. The number of nitrogens with one attached hydrogen (secondary N) is 3. The predicted molar refractivity (Wildman–Crippen MR) is 183 cm³/mol. The van der Waals surface area contributed by atoms with Gasteiger partial charge in [-0.2, -0.15) is 0 Å². The van der Waals surface area contributed by atoms with Crippen molar-refractivity contribution in [3.63, 3.8) is 0 Å². The van der Waals surface area contributed by atoms with Crippen molar-refractivity contribution < 1.29 is 28.3 Å². The second-order valence-electron chi connectivity index (χ2n) is 13.8. The summed E-state index contributed by atoms with van der Waals surface area (Å²) in [5.74, 6) is -0.811. The SMILES string of the molecule is CC(C)C[C@H](NC(=O)[C@H](CC(C)C)NC(=O)N1CCCCC1)C(=O)N[C@H](C(=O)N1CCC[C@H]1COc1ccc(F)cc1)c1ccccc1. The maximum atomic E-state index is 14.2. The molecule has 5 amide bonds. The van der Waals surface area contributed by atoms with Gasteiger partial charge in [-0.05, 0) is 86.6 Å². The average molecular weight is 666 g/mol. The third kappa shape index (κ3) is 10.7. The first-order valence-electron chi connectivity index (χ1n) is 17.4. The minimum absolute atomic E-state index is 0.0602. The van der Waals surface area contributed by atoms with Gasteiger partial charge in [0.15, 0.2) is 0 Å². The Hall–Kier alpha value is -4.15. The van der Waals surface area contributed by atoms with Crippen molar-refractivity contribution in [1.29, 1.82) is 0 Å². The second-order valence-corrected chi connectivity index (χ2v) is 13.8. The largest absolute Gasteiger partial charge is 0.491 e. The second kappa shape index (κ2) is 17.8. The standard InChI is InChI=1S/C37H52FN5O5/c1-25(2)22-31(39-34(44)32(23-26(3)4)40-37(47)42-19-9-6-10-20-42)35(45)41-33(27-12-7-5-8-13-27)36(46)43-21-11-14-29(43)24-48-30-17-15-28(38)16-18-30/h5,7-8,12-13,15-18,25-26,29,31-33H,6,9-11,14,19-24H2,1-4H3,(H,39,44)(H,40,47)(H,41,45)/t29-,31-,32-,33-/m0/s1. The van der Waals surface area contributed by atoms with Gasteiger partial charge in [0.2, 0.25) is 17.7 Å². The minimum atomic E-state index is -0.984. The Kier molecular flexibility index (Phi) is 13.6. The van der Waals surface area contributed by atoms with Crippen LogP contribution in [0.2, 0.25) is 0 Å². The molecule has 2 aliphatic heterocycles. The Balaban J connectivity index is 1.49. The number of rotatable bonds is 14. The van der Waals surface area contributed by atoms with Crippen LogP contribution in [0.25, 0.3) is 0 Å². The minimum Gasteiger partial charge on any atom is -0.491 e. The highest BCUT2D eigenvalue weighted by Gasteiger charge is 2.37. The number of hydrogen-bond acceptors (Lipinski definition) is 5. The van der Waals surface area contributed by atoms with Gasteiger partial charge in [-0.3, -0.25) is 14.4 Å². The first kappa shape index (κ1) is 36.7. The third-order valence-electron chi connectivity index (χ3n) is 8.89. The van der Waals surface area contributed by atoms with E-state index in [1.807, 2.05) is 45.9 Å². The maximum Gasteiger partial charge on any atom is 0.318 e. The molecule has 0 saturated carbocycles. The third-order valence-corrected chi connectivity index (χ3v) is 8.89. The fourth-order valence-corrected chi connectivity index (χ4v) is 6.38. The van der Waals surface area contributed by atoms with Gasteiger partial charge < -0.3 is 30.5 Å². The van der Waals surface area contributed by atoms with Gasteiger partial charge in [0.25, 0.3) is 0 Å². The molecule has 2 saturated heterocycles. The first-order valence-corrected chi connectivity index (χ1v) is 17.4. The lowest BCUT2D eigenvalue weighted by atomic mass is 9.99. The fourth-order valence-electron chi connectivity index (χ4n) is 6.38. The van der Waals surface area contributed by atoms with Crippen LogP contribution < -0.4 is 20.7 Å². The highest BCUT2D eigenvalue weighted by atomic mass is 19.1. The van der Waals surface area contributed by atoms with E-state index >= 15 is 0 Å². The first-order chi connectivity index (χ1) is 23.0. The number of nitrogens with zero attached hydrogens (tertiary/aromatic N) is 2. The lowest BCUT2D eigenvalue weighted by molar-refractivity contribution is -0.138. The molecule has 3 N–H and O–H groups in total. The normalized spacial score (nSPS) is 18.3. The van der Waals surface area contributed by atoms with Gasteiger partial charge in [0.05, 0.1) is 6.04 Å². The molecule has 0 bridgehead atoms. The number of carbonyl (C=O) groups excluding carboxylic acids is 4. The summed E-state index contributed by atoms with van der Waals surface area (Å²) in [7, 11) is 0. The molecular formula is C37H52FN5O5. The molecule has 11 heteroatoms. The zero-order chi connectivity index (χ0) is 34.6. The number of likely N-dealkylation sites (tertiary alicyclic amines) is 2. The molecule has 2 aromatic carbocycles. The molecule has 0 radical (unpaired) electrons. The number of benzene rings is 2. The number of hydrogen-bond donors (Lipinski definition) is 3. The number of carbonyl (C=O) groups is 4. The smallest absolute Gasteiger partial charge is 0.318 e. The molecule has 4 atom stereocenters. The van der Waals surface area contributed by atoms with E-state index in [-0.39, 0.29) is 42.2 Å². The summed E-state index contributed by atoms with van der Waals surface area (Å²) < 4.78 is 19.3. The van der Waals surface area contributed by atoms with E-state index < -0.39 is 29.9 Å². The molecule has 48 heavy (non-hydrogen) atoms. The number of ether oxygens (including phenoxy) is 1. The quantitative estimate of drug-likeness (QED) is 0.257. The number of piperidine rings is 1. The van der Waals surface area contributed by atoms with Crippen LogP contribution in [0.1, 0.15) is 84.2 Å². The monoisotopic (exact) mass is 665 g/mol. The maximum absolute atomic E-state index is 14.2. The van der Waals surface area contributed by atoms with E-state index in [4.69, 9.17) is 4.74 Å².